The Hall–Kier alpha value is -2.62. The molecule has 1 heterocycles. The number of rotatable bonds is 7. The highest BCUT2D eigenvalue weighted by Crippen LogP contribution is 2.29. The van der Waals surface area contributed by atoms with E-state index in [-0.39, 0.29) is 17.2 Å². The van der Waals surface area contributed by atoms with E-state index in [9.17, 15) is 13.2 Å². The standard InChI is InChI=1S/C20H24N2O6S/c1-26-16-5-3-15(4-6-16)13-20(23)21-18-14-17(7-8-19(18)27-2)29(24,25)22-9-11-28-12-10-22/h3-8,14H,9-13H2,1-2H3,(H,21,23). The number of hydrogen-bond donors (Lipinski definition) is 1. The van der Waals surface area contributed by atoms with E-state index in [1.54, 1.807) is 31.4 Å². The summed E-state index contributed by atoms with van der Waals surface area (Å²) in [6.45, 7) is 1.32. The van der Waals surface area contributed by atoms with Gasteiger partial charge in [0.15, 0.2) is 0 Å². The van der Waals surface area contributed by atoms with E-state index < -0.39 is 10.0 Å². The molecule has 29 heavy (non-hydrogen) atoms. The van der Waals surface area contributed by atoms with E-state index in [0.29, 0.717) is 43.5 Å². The first kappa shape index (κ1) is 21.1. The normalized spacial score (nSPS) is 15.0. The molecule has 0 aromatic heterocycles. The van der Waals surface area contributed by atoms with Crippen molar-refractivity contribution in [2.75, 3.05) is 45.8 Å². The molecule has 8 nitrogen and oxygen atoms in total. The quantitative estimate of drug-likeness (QED) is 0.735. The topological polar surface area (TPSA) is 94.2 Å². The molecule has 0 radical (unpaired) electrons. The fraction of sp³-hybridized carbons (Fsp3) is 0.350. The van der Waals surface area contributed by atoms with Crippen LogP contribution in [0.2, 0.25) is 0 Å². The van der Waals surface area contributed by atoms with E-state index >= 15 is 0 Å². The van der Waals surface area contributed by atoms with Crippen LogP contribution in [0.4, 0.5) is 5.69 Å². The Morgan fingerprint density at radius 3 is 2.38 bits per heavy atom. The highest BCUT2D eigenvalue weighted by molar-refractivity contribution is 7.89. The molecule has 0 atom stereocenters. The van der Waals surface area contributed by atoms with E-state index in [0.717, 1.165) is 5.56 Å². The van der Waals surface area contributed by atoms with Crippen LogP contribution in [0.25, 0.3) is 0 Å². The molecule has 3 rings (SSSR count). The second-order valence-electron chi connectivity index (χ2n) is 6.45. The average molecular weight is 420 g/mol. The minimum absolute atomic E-state index is 0.0972. The lowest BCUT2D eigenvalue weighted by Crippen LogP contribution is -2.40. The molecular formula is C20H24N2O6S. The number of nitrogens with one attached hydrogen (secondary N) is 1. The second kappa shape index (κ2) is 9.25. The first-order valence-electron chi connectivity index (χ1n) is 9.13. The van der Waals surface area contributed by atoms with Crippen LogP contribution in [0, 0.1) is 0 Å². The van der Waals surface area contributed by atoms with Crippen LogP contribution in [0.3, 0.4) is 0 Å². The van der Waals surface area contributed by atoms with Crippen molar-refractivity contribution >= 4 is 21.6 Å². The molecule has 156 valence electrons. The third-order valence-electron chi connectivity index (χ3n) is 4.58. The molecule has 1 N–H and O–H groups in total. The van der Waals surface area contributed by atoms with Gasteiger partial charge in [-0.15, -0.1) is 0 Å². The molecule has 0 unspecified atom stereocenters. The summed E-state index contributed by atoms with van der Waals surface area (Å²) in [5, 5.41) is 2.75. The van der Waals surface area contributed by atoms with Gasteiger partial charge in [0.1, 0.15) is 11.5 Å². The van der Waals surface area contributed by atoms with E-state index in [1.807, 2.05) is 0 Å². The van der Waals surface area contributed by atoms with E-state index in [1.165, 1.54) is 29.6 Å². The van der Waals surface area contributed by atoms with Crippen LogP contribution < -0.4 is 14.8 Å². The number of sulfonamides is 1. The Bertz CT molecular complexity index is 953. The number of anilines is 1. The van der Waals surface area contributed by atoms with E-state index in [4.69, 9.17) is 14.2 Å². The van der Waals surface area contributed by atoms with Gasteiger partial charge in [-0.1, -0.05) is 12.1 Å². The lowest BCUT2D eigenvalue weighted by molar-refractivity contribution is -0.115. The van der Waals surface area contributed by atoms with E-state index in [2.05, 4.69) is 5.32 Å². The molecule has 1 aliphatic rings. The largest absolute Gasteiger partial charge is 0.497 e. The summed E-state index contributed by atoms with van der Waals surface area (Å²) >= 11 is 0. The lowest BCUT2D eigenvalue weighted by atomic mass is 10.1. The summed E-state index contributed by atoms with van der Waals surface area (Å²) in [6.07, 6.45) is 0.133. The van der Waals surface area contributed by atoms with Crippen molar-refractivity contribution in [1.82, 2.24) is 4.31 Å². The van der Waals surface area contributed by atoms with Crippen LogP contribution in [0.5, 0.6) is 11.5 Å². The zero-order valence-corrected chi connectivity index (χ0v) is 17.2. The molecule has 0 aliphatic carbocycles. The Morgan fingerprint density at radius 2 is 1.76 bits per heavy atom. The summed E-state index contributed by atoms with van der Waals surface area (Å²) in [6, 6.07) is 11.6. The number of carbonyl (C=O) groups excluding carboxylic acids is 1. The van der Waals surface area contributed by atoms with Gasteiger partial charge in [0, 0.05) is 13.1 Å². The predicted molar refractivity (Wildman–Crippen MR) is 108 cm³/mol. The highest BCUT2D eigenvalue weighted by Gasteiger charge is 2.27. The van der Waals surface area contributed by atoms with Gasteiger partial charge >= 0.3 is 0 Å². The fourth-order valence-electron chi connectivity index (χ4n) is 3.00. The number of morpholine rings is 1. The Kier molecular flexibility index (Phi) is 6.73. The molecule has 0 saturated carbocycles. The first-order valence-corrected chi connectivity index (χ1v) is 10.6. The minimum atomic E-state index is -3.68. The lowest BCUT2D eigenvalue weighted by Gasteiger charge is -2.26. The Balaban J connectivity index is 1.78. The van der Waals surface area contributed by atoms with Gasteiger partial charge in [-0.05, 0) is 35.9 Å². The number of benzene rings is 2. The molecule has 9 heteroatoms. The number of hydrogen-bond acceptors (Lipinski definition) is 6. The molecular weight excluding hydrogens is 396 g/mol. The molecule has 1 aliphatic heterocycles. The van der Waals surface area contributed by atoms with Gasteiger partial charge in [0.2, 0.25) is 15.9 Å². The zero-order chi connectivity index (χ0) is 20.9. The van der Waals surface area contributed by atoms with Gasteiger partial charge in [-0.25, -0.2) is 8.42 Å². The van der Waals surface area contributed by atoms with Crippen molar-refractivity contribution in [2.24, 2.45) is 0 Å². The summed E-state index contributed by atoms with van der Waals surface area (Å²) in [5.74, 6) is 0.806. The highest BCUT2D eigenvalue weighted by atomic mass is 32.2. The minimum Gasteiger partial charge on any atom is -0.497 e. The maximum Gasteiger partial charge on any atom is 0.243 e. The maximum absolute atomic E-state index is 12.9. The first-order chi connectivity index (χ1) is 13.9. The van der Waals surface area contributed by atoms with Gasteiger partial charge in [0.05, 0.1) is 44.4 Å². The van der Waals surface area contributed by atoms with Gasteiger partial charge < -0.3 is 19.5 Å². The Morgan fingerprint density at radius 1 is 1.07 bits per heavy atom. The van der Waals surface area contributed by atoms with Crippen LogP contribution in [-0.2, 0) is 26.0 Å². The number of amides is 1. The zero-order valence-electron chi connectivity index (χ0n) is 16.4. The molecule has 2 aromatic rings. The van der Waals surface area contributed by atoms with Crippen molar-refractivity contribution in [3.05, 3.63) is 48.0 Å². The smallest absolute Gasteiger partial charge is 0.243 e. The molecule has 1 saturated heterocycles. The predicted octanol–water partition coefficient (Wildman–Crippen LogP) is 1.91. The molecule has 0 spiro atoms. The molecule has 1 fully saturated rings. The summed E-state index contributed by atoms with van der Waals surface area (Å²) in [5.41, 5.74) is 1.11. The average Bonchev–Trinajstić information content (AvgIpc) is 2.74. The van der Waals surface area contributed by atoms with Crippen LogP contribution in [-0.4, -0.2) is 59.2 Å². The summed E-state index contributed by atoms with van der Waals surface area (Å²) in [4.78, 5) is 12.6. The van der Waals surface area contributed by atoms with Crippen molar-refractivity contribution in [3.63, 3.8) is 0 Å². The fourth-order valence-corrected chi connectivity index (χ4v) is 4.44. The summed E-state index contributed by atoms with van der Waals surface area (Å²) in [7, 11) is -0.641. The molecule has 2 aromatic carbocycles. The number of carbonyl (C=O) groups is 1. The van der Waals surface area contributed by atoms with Crippen LogP contribution >= 0.6 is 0 Å². The monoisotopic (exact) mass is 420 g/mol. The van der Waals surface area contributed by atoms with Crippen molar-refractivity contribution < 1.29 is 27.4 Å². The number of nitrogens with zero attached hydrogens (tertiary/aromatic N) is 1. The molecule has 0 bridgehead atoms. The van der Waals surface area contributed by atoms with Gasteiger partial charge in [-0.3, -0.25) is 4.79 Å². The van der Waals surface area contributed by atoms with Crippen LogP contribution in [0.15, 0.2) is 47.4 Å². The van der Waals surface area contributed by atoms with Crippen molar-refractivity contribution in [3.8, 4) is 11.5 Å². The summed E-state index contributed by atoms with van der Waals surface area (Å²) < 4.78 is 42.8. The number of methoxy groups -OCH3 is 2. The SMILES string of the molecule is COc1ccc(CC(=O)Nc2cc(S(=O)(=O)N3CCOCC3)ccc2OC)cc1. The second-order valence-corrected chi connectivity index (χ2v) is 8.39. The van der Waals surface area contributed by atoms with Gasteiger partial charge in [-0.2, -0.15) is 4.31 Å². The maximum atomic E-state index is 12.9. The third-order valence-corrected chi connectivity index (χ3v) is 6.47. The van der Waals surface area contributed by atoms with Crippen molar-refractivity contribution in [2.45, 2.75) is 11.3 Å². The Labute approximate surface area is 170 Å². The molecule has 1 amide bonds. The third kappa shape index (κ3) is 5.06. The number of ether oxygens (including phenoxy) is 3. The van der Waals surface area contributed by atoms with Gasteiger partial charge in [0.25, 0.3) is 0 Å². The van der Waals surface area contributed by atoms with Crippen LogP contribution in [0.1, 0.15) is 5.56 Å². The van der Waals surface area contributed by atoms with Crippen molar-refractivity contribution in [1.29, 1.82) is 0 Å².